The second-order valence-corrected chi connectivity index (χ2v) is 6.53. The molecule has 0 aliphatic carbocycles. The van der Waals surface area contributed by atoms with Crippen molar-refractivity contribution < 1.29 is 9.21 Å². The highest BCUT2D eigenvalue weighted by Gasteiger charge is 2.17. The molecule has 114 valence electrons. The lowest BCUT2D eigenvalue weighted by atomic mass is 10.1. The van der Waals surface area contributed by atoms with Crippen LogP contribution < -0.4 is 5.32 Å². The van der Waals surface area contributed by atoms with E-state index in [1.54, 1.807) is 12.1 Å². The maximum atomic E-state index is 12.0. The van der Waals surface area contributed by atoms with Gasteiger partial charge in [0.05, 0.1) is 6.26 Å². The molecule has 0 saturated heterocycles. The second kappa shape index (κ2) is 5.64. The summed E-state index contributed by atoms with van der Waals surface area (Å²) in [7, 11) is 0. The number of nitrogens with one attached hydrogen (secondary N) is 2. The molecule has 2 N–H and O–H groups in total. The van der Waals surface area contributed by atoms with E-state index in [0.717, 1.165) is 20.4 Å². The third-order valence-electron chi connectivity index (χ3n) is 3.21. The first kappa shape index (κ1) is 14.2. The van der Waals surface area contributed by atoms with Crippen LogP contribution in [0.2, 0.25) is 0 Å². The van der Waals surface area contributed by atoms with Crippen LogP contribution in [0.1, 0.15) is 10.6 Å². The van der Waals surface area contributed by atoms with Crippen LogP contribution in [0.3, 0.4) is 0 Å². The van der Waals surface area contributed by atoms with Crippen molar-refractivity contribution in [2.45, 2.75) is 0 Å². The van der Waals surface area contributed by atoms with Crippen molar-refractivity contribution in [2.24, 2.45) is 0 Å². The molecule has 0 unspecified atom stereocenters. The Labute approximate surface area is 142 Å². The Hall–Kier alpha value is -2.45. The number of aromatic amines is 1. The van der Waals surface area contributed by atoms with Crippen molar-refractivity contribution in [3.05, 3.63) is 52.9 Å². The maximum Gasteiger partial charge on any atom is 0.293 e. The van der Waals surface area contributed by atoms with E-state index in [2.05, 4.69) is 36.4 Å². The van der Waals surface area contributed by atoms with Crippen LogP contribution in [0.15, 0.2) is 51.6 Å². The van der Waals surface area contributed by atoms with Crippen LogP contribution in [-0.4, -0.2) is 21.1 Å². The van der Waals surface area contributed by atoms with Crippen LogP contribution in [0.5, 0.6) is 0 Å². The molecule has 0 fully saturated rings. The first-order chi connectivity index (χ1) is 11.2. The maximum absolute atomic E-state index is 12.0. The molecule has 0 bridgehead atoms. The Morgan fingerprint density at radius 3 is 2.91 bits per heavy atom. The molecule has 1 amide bonds. The summed E-state index contributed by atoms with van der Waals surface area (Å²) in [5, 5.41) is 10.4. The highest BCUT2D eigenvalue weighted by Crippen LogP contribution is 2.36. The smallest absolute Gasteiger partial charge is 0.293 e. The number of hydrogen-bond acceptors (Lipinski definition) is 5. The number of furan rings is 1. The zero-order valence-corrected chi connectivity index (χ0v) is 13.9. The van der Waals surface area contributed by atoms with Gasteiger partial charge >= 0.3 is 0 Å². The first-order valence-electron chi connectivity index (χ1n) is 6.67. The van der Waals surface area contributed by atoms with E-state index >= 15 is 0 Å². The molecule has 4 rings (SSSR count). The van der Waals surface area contributed by atoms with Gasteiger partial charge in [-0.3, -0.25) is 15.2 Å². The Bertz CT molecular complexity index is 990. The van der Waals surface area contributed by atoms with Gasteiger partial charge < -0.3 is 4.42 Å². The number of carbonyl (C=O) groups excluding carboxylic acids is 1. The Balaban J connectivity index is 1.70. The van der Waals surface area contributed by atoms with Gasteiger partial charge in [-0.25, -0.2) is 4.98 Å². The lowest BCUT2D eigenvalue weighted by Gasteiger charge is -1.99. The zero-order chi connectivity index (χ0) is 15.8. The standard InChI is InChI=1S/C15H9BrN4O2S/c16-9-5-2-1-4-8(9)11-12-13(20-19-11)17-15(23-12)18-14(21)10-6-3-7-22-10/h1-7H,(H2,17,18,19,20,21). The lowest BCUT2D eigenvalue weighted by molar-refractivity contribution is 0.0996. The van der Waals surface area contributed by atoms with Crippen molar-refractivity contribution >= 4 is 48.7 Å². The molecule has 4 aromatic rings. The highest BCUT2D eigenvalue weighted by atomic mass is 79.9. The molecular weight excluding hydrogens is 380 g/mol. The molecule has 3 heterocycles. The summed E-state index contributed by atoms with van der Waals surface area (Å²) >= 11 is 4.89. The number of carbonyl (C=O) groups is 1. The Morgan fingerprint density at radius 2 is 2.13 bits per heavy atom. The molecule has 23 heavy (non-hydrogen) atoms. The van der Waals surface area contributed by atoms with Gasteiger partial charge in [0.2, 0.25) is 0 Å². The van der Waals surface area contributed by atoms with Crippen LogP contribution in [0.25, 0.3) is 21.6 Å². The number of H-pyrrole nitrogens is 1. The van der Waals surface area contributed by atoms with E-state index in [-0.39, 0.29) is 11.7 Å². The van der Waals surface area contributed by atoms with Crippen molar-refractivity contribution in [3.63, 3.8) is 0 Å². The minimum Gasteiger partial charge on any atom is -0.459 e. The fourth-order valence-corrected chi connectivity index (χ4v) is 3.56. The zero-order valence-electron chi connectivity index (χ0n) is 11.5. The summed E-state index contributed by atoms with van der Waals surface area (Å²) in [6.07, 6.45) is 1.45. The summed E-state index contributed by atoms with van der Waals surface area (Å²) < 4.78 is 6.90. The number of anilines is 1. The number of nitrogens with zero attached hydrogens (tertiary/aromatic N) is 2. The van der Waals surface area contributed by atoms with Crippen LogP contribution in [0.4, 0.5) is 5.13 Å². The van der Waals surface area contributed by atoms with Crippen molar-refractivity contribution in [3.8, 4) is 11.3 Å². The summed E-state index contributed by atoms with van der Waals surface area (Å²) in [4.78, 5) is 16.4. The van der Waals surface area contributed by atoms with E-state index < -0.39 is 0 Å². The number of halogens is 1. The summed E-state index contributed by atoms with van der Waals surface area (Å²) in [5.74, 6) is -0.0881. The van der Waals surface area contributed by atoms with E-state index in [1.165, 1.54) is 17.6 Å². The van der Waals surface area contributed by atoms with Gasteiger partial charge in [0.25, 0.3) is 5.91 Å². The molecule has 0 aliphatic rings. The molecule has 0 spiro atoms. The molecule has 3 aromatic heterocycles. The Morgan fingerprint density at radius 1 is 1.26 bits per heavy atom. The average molecular weight is 389 g/mol. The largest absolute Gasteiger partial charge is 0.459 e. The molecule has 1 aromatic carbocycles. The van der Waals surface area contributed by atoms with Gasteiger partial charge in [0.15, 0.2) is 16.5 Å². The summed E-state index contributed by atoms with van der Waals surface area (Å²) in [5.41, 5.74) is 2.39. The second-order valence-electron chi connectivity index (χ2n) is 4.68. The minimum absolute atomic E-state index is 0.244. The van der Waals surface area contributed by atoms with Gasteiger partial charge in [-0.15, -0.1) is 0 Å². The number of amides is 1. The van der Waals surface area contributed by atoms with Gasteiger partial charge in [-0.05, 0) is 18.2 Å². The molecule has 0 aliphatic heterocycles. The lowest BCUT2D eigenvalue weighted by Crippen LogP contribution is -2.10. The predicted molar refractivity (Wildman–Crippen MR) is 91.6 cm³/mol. The SMILES string of the molecule is O=C(Nc1nc2[nH]nc(-c3ccccc3Br)c2s1)c1ccco1. The summed E-state index contributed by atoms with van der Waals surface area (Å²) in [6.45, 7) is 0. The van der Waals surface area contributed by atoms with Crippen LogP contribution >= 0.6 is 27.3 Å². The normalized spacial score (nSPS) is 11.0. The number of aromatic nitrogens is 3. The highest BCUT2D eigenvalue weighted by molar-refractivity contribution is 9.10. The van der Waals surface area contributed by atoms with E-state index in [1.807, 2.05) is 24.3 Å². The number of rotatable bonds is 3. The third kappa shape index (κ3) is 2.55. The third-order valence-corrected chi connectivity index (χ3v) is 4.88. The van der Waals surface area contributed by atoms with E-state index in [9.17, 15) is 4.79 Å². The Kier molecular flexibility index (Phi) is 3.47. The van der Waals surface area contributed by atoms with Gasteiger partial charge in [-0.1, -0.05) is 45.5 Å². The molecule has 6 nitrogen and oxygen atoms in total. The molecular formula is C15H9BrN4O2S. The van der Waals surface area contributed by atoms with Crippen LogP contribution in [-0.2, 0) is 0 Å². The molecule has 0 atom stereocenters. The van der Waals surface area contributed by atoms with E-state index in [4.69, 9.17) is 4.42 Å². The molecule has 0 radical (unpaired) electrons. The number of thiazole rings is 1. The summed E-state index contributed by atoms with van der Waals surface area (Å²) in [6, 6.07) is 11.1. The monoisotopic (exact) mass is 388 g/mol. The minimum atomic E-state index is -0.332. The number of hydrogen-bond donors (Lipinski definition) is 2. The van der Waals surface area contributed by atoms with Crippen molar-refractivity contribution in [1.29, 1.82) is 0 Å². The fourth-order valence-electron chi connectivity index (χ4n) is 2.17. The van der Waals surface area contributed by atoms with Crippen molar-refractivity contribution in [2.75, 3.05) is 5.32 Å². The van der Waals surface area contributed by atoms with Gasteiger partial charge in [0.1, 0.15) is 10.4 Å². The average Bonchev–Trinajstić information content (AvgIpc) is 3.24. The predicted octanol–water partition coefficient (Wildman–Crippen LogP) is 4.29. The van der Waals surface area contributed by atoms with E-state index in [0.29, 0.717) is 10.8 Å². The van der Waals surface area contributed by atoms with Gasteiger partial charge in [0, 0.05) is 10.0 Å². The van der Waals surface area contributed by atoms with Crippen LogP contribution in [0, 0.1) is 0 Å². The number of benzene rings is 1. The quantitative estimate of drug-likeness (QED) is 0.548. The first-order valence-corrected chi connectivity index (χ1v) is 8.28. The fraction of sp³-hybridized carbons (Fsp3) is 0. The molecule has 8 heteroatoms. The number of fused-ring (bicyclic) bond motifs is 1. The molecule has 0 saturated carbocycles. The topological polar surface area (TPSA) is 83.8 Å². The van der Waals surface area contributed by atoms with Gasteiger partial charge in [-0.2, -0.15) is 5.10 Å². The van der Waals surface area contributed by atoms with Crippen molar-refractivity contribution in [1.82, 2.24) is 15.2 Å².